The van der Waals surface area contributed by atoms with Gasteiger partial charge in [-0.25, -0.2) is 9.97 Å². The van der Waals surface area contributed by atoms with Crippen LogP contribution in [0.4, 0.5) is 0 Å². The Balaban J connectivity index is 1.23. The fourth-order valence-corrected chi connectivity index (χ4v) is 5.62. The molecule has 1 unspecified atom stereocenters. The van der Waals surface area contributed by atoms with E-state index in [0.717, 1.165) is 35.5 Å². The smallest absolute Gasteiger partial charge is 0.281 e. The molecule has 7 heteroatoms. The van der Waals surface area contributed by atoms with Crippen LogP contribution in [0.25, 0.3) is 10.3 Å². The minimum Gasteiger partial charge on any atom is -0.431 e. The van der Waals surface area contributed by atoms with Gasteiger partial charge in [0.25, 0.3) is 5.19 Å². The first-order valence-electron chi connectivity index (χ1n) is 10.5. The third-order valence-electron chi connectivity index (χ3n) is 6.54. The Hall–Kier alpha value is -2.51. The van der Waals surface area contributed by atoms with Gasteiger partial charge in [-0.3, -0.25) is 9.69 Å². The summed E-state index contributed by atoms with van der Waals surface area (Å²) in [6.45, 7) is 2.62. The van der Waals surface area contributed by atoms with E-state index in [1.54, 1.807) is 13.1 Å². The van der Waals surface area contributed by atoms with Gasteiger partial charge in [-0.1, -0.05) is 23.5 Å². The van der Waals surface area contributed by atoms with Crippen molar-refractivity contribution in [2.24, 2.45) is 0 Å². The molecule has 0 N–H and O–H groups in total. The van der Waals surface area contributed by atoms with Crippen molar-refractivity contribution in [3.63, 3.8) is 0 Å². The highest BCUT2D eigenvalue weighted by molar-refractivity contribution is 7.19. The van der Waals surface area contributed by atoms with Crippen LogP contribution in [0.1, 0.15) is 38.2 Å². The van der Waals surface area contributed by atoms with Crippen LogP contribution in [-0.4, -0.2) is 50.8 Å². The van der Waals surface area contributed by atoms with Crippen molar-refractivity contribution in [2.45, 2.75) is 57.3 Å². The fraction of sp³-hybridized carbons (Fsp3) is 0.435. The summed E-state index contributed by atoms with van der Waals surface area (Å²) in [5.41, 5.74) is 2.16. The van der Waals surface area contributed by atoms with E-state index in [-0.39, 0.29) is 5.91 Å². The molecule has 2 fully saturated rings. The number of nitrogens with zero attached hydrogens (tertiary/aromatic N) is 4. The molecular formula is C23H26N4O2S. The normalized spacial score (nSPS) is 23.6. The van der Waals surface area contributed by atoms with Crippen molar-refractivity contribution >= 4 is 27.6 Å². The minimum atomic E-state index is 0.173. The first kappa shape index (κ1) is 19.5. The molecule has 1 aromatic carbocycles. The Morgan fingerprint density at radius 2 is 1.93 bits per heavy atom. The number of carbonyl (C=O) groups is 1. The third kappa shape index (κ3) is 3.79. The van der Waals surface area contributed by atoms with Crippen LogP contribution in [0.2, 0.25) is 0 Å². The van der Waals surface area contributed by atoms with Gasteiger partial charge < -0.3 is 9.64 Å². The summed E-state index contributed by atoms with van der Waals surface area (Å²) in [4.78, 5) is 26.0. The van der Waals surface area contributed by atoms with Gasteiger partial charge in [0, 0.05) is 44.8 Å². The maximum absolute atomic E-state index is 11.8. The van der Waals surface area contributed by atoms with E-state index >= 15 is 0 Å². The summed E-state index contributed by atoms with van der Waals surface area (Å²) in [6.07, 6.45) is 6.41. The molecule has 30 heavy (non-hydrogen) atoms. The summed E-state index contributed by atoms with van der Waals surface area (Å²) in [5, 5.41) is 0.617. The lowest BCUT2D eigenvalue weighted by molar-refractivity contribution is -0.131. The first-order valence-corrected chi connectivity index (χ1v) is 11.4. The van der Waals surface area contributed by atoms with Gasteiger partial charge in [0.2, 0.25) is 5.91 Å². The van der Waals surface area contributed by atoms with Gasteiger partial charge in [-0.15, -0.1) is 0 Å². The largest absolute Gasteiger partial charge is 0.431 e. The van der Waals surface area contributed by atoms with Crippen LogP contribution >= 0.6 is 11.3 Å². The van der Waals surface area contributed by atoms with E-state index in [1.807, 2.05) is 36.2 Å². The second-order valence-electron chi connectivity index (χ2n) is 8.37. The topological polar surface area (TPSA) is 58.6 Å². The van der Waals surface area contributed by atoms with Crippen LogP contribution in [-0.2, 0) is 11.3 Å². The van der Waals surface area contributed by atoms with Gasteiger partial charge in [0.15, 0.2) is 0 Å². The lowest BCUT2D eigenvalue weighted by Gasteiger charge is -2.42. The fourth-order valence-electron chi connectivity index (χ4n) is 4.85. The Bertz CT molecular complexity index is 1000. The molecular weight excluding hydrogens is 396 g/mol. The Labute approximate surface area is 180 Å². The monoisotopic (exact) mass is 422 g/mol. The van der Waals surface area contributed by atoms with Crippen molar-refractivity contribution in [1.29, 1.82) is 0 Å². The van der Waals surface area contributed by atoms with E-state index in [0.29, 0.717) is 23.3 Å². The lowest BCUT2D eigenvalue weighted by Crippen LogP contribution is -2.50. The Morgan fingerprint density at radius 3 is 2.60 bits per heavy atom. The van der Waals surface area contributed by atoms with Gasteiger partial charge >= 0.3 is 0 Å². The number of thiazole rings is 1. The molecule has 2 aliphatic rings. The number of carbonyl (C=O) groups excluding carboxylic acids is 1. The van der Waals surface area contributed by atoms with Gasteiger partial charge in [-0.2, -0.15) is 0 Å². The molecule has 0 spiro atoms. The zero-order valence-corrected chi connectivity index (χ0v) is 18.1. The first-order chi connectivity index (χ1) is 14.6. The number of rotatable bonds is 5. The molecule has 0 saturated carbocycles. The molecule has 3 atom stereocenters. The molecule has 6 nitrogen and oxygen atoms in total. The lowest BCUT2D eigenvalue weighted by atomic mass is 9.95. The molecule has 5 rings (SSSR count). The van der Waals surface area contributed by atoms with Crippen molar-refractivity contribution in [3.8, 4) is 10.9 Å². The molecule has 4 heterocycles. The predicted octanol–water partition coefficient (Wildman–Crippen LogP) is 4.46. The average Bonchev–Trinajstić information content (AvgIpc) is 3.24. The highest BCUT2D eigenvalue weighted by atomic mass is 32.1. The predicted molar refractivity (Wildman–Crippen MR) is 118 cm³/mol. The zero-order valence-electron chi connectivity index (χ0n) is 17.3. The average molecular weight is 423 g/mol. The molecule has 2 aliphatic heterocycles. The standard InChI is InChI=1S/C23H26N4O2S/c1-15(28)26(2)19-12-17-7-8-18(13-19)27(17)14-16-5-9-20(10-6-16)29-23-25-21-4-3-11-24-22(21)30-23/h3-6,9-11,17-19H,7-8,12-14H2,1-2H3/t17-,18+,19?. The van der Waals surface area contributed by atoms with Crippen molar-refractivity contribution in [1.82, 2.24) is 19.8 Å². The highest BCUT2D eigenvalue weighted by Crippen LogP contribution is 2.38. The van der Waals surface area contributed by atoms with E-state index in [4.69, 9.17) is 4.74 Å². The van der Waals surface area contributed by atoms with Crippen LogP contribution in [0, 0.1) is 0 Å². The van der Waals surface area contributed by atoms with Crippen LogP contribution < -0.4 is 4.74 Å². The van der Waals surface area contributed by atoms with Crippen LogP contribution in [0.15, 0.2) is 42.6 Å². The molecule has 2 aromatic heterocycles. The number of aromatic nitrogens is 2. The molecule has 3 aromatic rings. The minimum absolute atomic E-state index is 0.173. The SMILES string of the molecule is CC(=O)N(C)C1C[C@H]2CC[C@@H](C1)N2Cc1ccc(Oc2nc3cccnc3s2)cc1. The van der Waals surface area contributed by atoms with E-state index in [9.17, 15) is 4.79 Å². The molecule has 2 saturated heterocycles. The molecule has 0 radical (unpaired) electrons. The van der Waals surface area contributed by atoms with Gasteiger partial charge in [0.05, 0.1) is 0 Å². The van der Waals surface area contributed by atoms with Crippen molar-refractivity contribution in [2.75, 3.05) is 7.05 Å². The number of hydrogen-bond donors (Lipinski definition) is 0. The van der Waals surface area contributed by atoms with E-state index < -0.39 is 0 Å². The summed E-state index contributed by atoms with van der Waals surface area (Å²) in [6, 6.07) is 13.7. The van der Waals surface area contributed by atoms with E-state index in [2.05, 4.69) is 27.0 Å². The number of benzene rings is 1. The number of fused-ring (bicyclic) bond motifs is 3. The maximum Gasteiger partial charge on any atom is 0.281 e. The van der Waals surface area contributed by atoms with Crippen LogP contribution in [0.3, 0.4) is 0 Å². The summed E-state index contributed by atoms with van der Waals surface area (Å²) in [5.74, 6) is 0.968. The van der Waals surface area contributed by atoms with Crippen LogP contribution in [0.5, 0.6) is 10.9 Å². The second kappa shape index (κ2) is 7.96. The molecule has 0 aliphatic carbocycles. The third-order valence-corrected chi connectivity index (χ3v) is 7.40. The molecule has 2 bridgehead atoms. The highest BCUT2D eigenvalue weighted by Gasteiger charge is 2.42. The number of pyridine rings is 1. The van der Waals surface area contributed by atoms with Crippen molar-refractivity contribution < 1.29 is 9.53 Å². The molecule has 1 amide bonds. The molecule has 156 valence electrons. The number of ether oxygens (including phenoxy) is 1. The Kier molecular flexibility index (Phi) is 5.16. The Morgan fingerprint density at radius 1 is 1.20 bits per heavy atom. The second-order valence-corrected chi connectivity index (χ2v) is 9.31. The number of hydrogen-bond acceptors (Lipinski definition) is 6. The summed E-state index contributed by atoms with van der Waals surface area (Å²) >= 11 is 1.46. The number of amides is 1. The van der Waals surface area contributed by atoms with Gasteiger partial charge in [-0.05, 0) is 55.5 Å². The zero-order chi connectivity index (χ0) is 20.7. The van der Waals surface area contributed by atoms with Gasteiger partial charge in [0.1, 0.15) is 16.1 Å². The van der Waals surface area contributed by atoms with E-state index in [1.165, 1.54) is 29.7 Å². The quantitative estimate of drug-likeness (QED) is 0.608. The maximum atomic E-state index is 11.8. The van der Waals surface area contributed by atoms with Crippen molar-refractivity contribution in [3.05, 3.63) is 48.2 Å². The summed E-state index contributed by atoms with van der Waals surface area (Å²) < 4.78 is 5.94. The summed E-state index contributed by atoms with van der Waals surface area (Å²) in [7, 11) is 1.95. The number of piperidine rings is 1.